The third kappa shape index (κ3) is 6.80. The molecule has 0 bridgehead atoms. The Morgan fingerprint density at radius 2 is 1.90 bits per heavy atom. The number of aliphatic imine (C=N–C) groups is 1. The van der Waals surface area contributed by atoms with E-state index in [1.165, 1.54) is 25.7 Å². The SMILES string of the molecule is CN=C(NCCNS(=O)(=O)c1cc(C)ccc1C)NC1CCN(C2CCCC2)C1.I. The normalized spacial score (nSPS) is 20.9. The standard InChI is InChI=1S/C21H35N5O2S.HI/c1-16-8-9-17(2)20(14-16)29(27,28)24-12-11-23-21(22-3)25-18-10-13-26(15-18)19-6-4-5-7-19;/h8-9,14,18-19,24H,4-7,10-13,15H2,1-3H3,(H2,22,23,25);1H. The minimum absolute atomic E-state index is 0. The summed E-state index contributed by atoms with van der Waals surface area (Å²) in [5, 5.41) is 6.71. The van der Waals surface area contributed by atoms with E-state index < -0.39 is 10.0 Å². The van der Waals surface area contributed by atoms with Gasteiger partial charge in [0.1, 0.15) is 0 Å². The first-order chi connectivity index (χ1) is 13.9. The largest absolute Gasteiger partial charge is 0.355 e. The molecule has 0 aromatic heterocycles. The summed E-state index contributed by atoms with van der Waals surface area (Å²) in [5.41, 5.74) is 1.68. The molecule has 0 radical (unpaired) electrons. The average molecular weight is 550 g/mol. The fraction of sp³-hybridized carbons (Fsp3) is 0.667. The number of guanidine groups is 1. The summed E-state index contributed by atoms with van der Waals surface area (Å²) in [6.45, 7) is 6.69. The second kappa shape index (κ2) is 11.6. The second-order valence-electron chi connectivity index (χ2n) is 8.23. The number of nitrogens with zero attached hydrogens (tertiary/aromatic N) is 2. The van der Waals surface area contributed by atoms with Crippen molar-refractivity contribution < 1.29 is 8.42 Å². The first kappa shape index (κ1) is 25.4. The molecule has 1 heterocycles. The van der Waals surface area contributed by atoms with Crippen LogP contribution in [0.1, 0.15) is 43.2 Å². The summed E-state index contributed by atoms with van der Waals surface area (Å²) in [5.74, 6) is 0.731. The van der Waals surface area contributed by atoms with Gasteiger partial charge in [-0.25, -0.2) is 13.1 Å². The van der Waals surface area contributed by atoms with Crippen molar-refractivity contribution in [3.63, 3.8) is 0 Å². The summed E-state index contributed by atoms with van der Waals surface area (Å²) in [7, 11) is -1.76. The quantitative estimate of drug-likeness (QED) is 0.211. The van der Waals surface area contributed by atoms with E-state index in [1.54, 1.807) is 13.1 Å². The predicted octanol–water partition coefficient (Wildman–Crippen LogP) is 2.38. The highest BCUT2D eigenvalue weighted by molar-refractivity contribution is 14.0. The first-order valence-corrected chi connectivity index (χ1v) is 12.2. The van der Waals surface area contributed by atoms with Crippen LogP contribution in [0.15, 0.2) is 28.1 Å². The van der Waals surface area contributed by atoms with Crippen LogP contribution in [0.5, 0.6) is 0 Å². The van der Waals surface area contributed by atoms with Crippen LogP contribution in [-0.2, 0) is 10.0 Å². The van der Waals surface area contributed by atoms with Gasteiger partial charge in [-0.1, -0.05) is 25.0 Å². The number of rotatable bonds is 7. The van der Waals surface area contributed by atoms with E-state index in [9.17, 15) is 8.42 Å². The van der Waals surface area contributed by atoms with Crippen LogP contribution < -0.4 is 15.4 Å². The molecule has 1 atom stereocenters. The molecule has 1 aromatic carbocycles. The number of aryl methyl sites for hydroxylation is 2. The number of sulfonamides is 1. The Labute approximate surface area is 198 Å². The molecule has 1 aliphatic carbocycles. The van der Waals surface area contributed by atoms with Crippen LogP contribution in [0.2, 0.25) is 0 Å². The smallest absolute Gasteiger partial charge is 0.240 e. The fourth-order valence-corrected chi connectivity index (χ4v) is 5.69. The highest BCUT2D eigenvalue weighted by Crippen LogP contribution is 2.26. The Morgan fingerprint density at radius 3 is 2.60 bits per heavy atom. The summed E-state index contributed by atoms with van der Waals surface area (Å²) in [4.78, 5) is 7.24. The molecule has 3 rings (SSSR count). The highest BCUT2D eigenvalue weighted by Gasteiger charge is 2.30. The molecule has 170 valence electrons. The maximum atomic E-state index is 12.6. The number of benzene rings is 1. The van der Waals surface area contributed by atoms with Gasteiger partial charge in [0.2, 0.25) is 10.0 Å². The zero-order valence-electron chi connectivity index (χ0n) is 18.3. The van der Waals surface area contributed by atoms with E-state index in [4.69, 9.17) is 0 Å². The molecular weight excluding hydrogens is 513 g/mol. The van der Waals surface area contributed by atoms with Crippen LogP contribution in [0.3, 0.4) is 0 Å². The molecule has 0 amide bonds. The maximum absolute atomic E-state index is 12.6. The third-order valence-corrected chi connectivity index (χ3v) is 7.57. The Kier molecular flexibility index (Phi) is 9.83. The van der Waals surface area contributed by atoms with Gasteiger partial charge in [-0.15, -0.1) is 24.0 Å². The minimum atomic E-state index is -3.51. The molecule has 1 saturated carbocycles. The average Bonchev–Trinajstić information content (AvgIpc) is 3.37. The van der Waals surface area contributed by atoms with Gasteiger partial charge >= 0.3 is 0 Å². The number of halogens is 1. The maximum Gasteiger partial charge on any atom is 0.240 e. The molecule has 2 aliphatic rings. The van der Waals surface area contributed by atoms with E-state index >= 15 is 0 Å². The lowest BCUT2D eigenvalue weighted by Crippen LogP contribution is -2.47. The van der Waals surface area contributed by atoms with Gasteiger partial charge in [-0.3, -0.25) is 9.89 Å². The Bertz CT molecular complexity index is 825. The third-order valence-electron chi connectivity index (χ3n) is 5.97. The van der Waals surface area contributed by atoms with Gasteiger partial charge in [0.15, 0.2) is 5.96 Å². The molecule has 3 N–H and O–H groups in total. The Hall–Kier alpha value is -0.910. The van der Waals surface area contributed by atoms with Gasteiger partial charge in [0, 0.05) is 45.3 Å². The van der Waals surface area contributed by atoms with Crippen LogP contribution in [0.25, 0.3) is 0 Å². The van der Waals surface area contributed by atoms with Crippen molar-refractivity contribution in [3.8, 4) is 0 Å². The molecule has 7 nitrogen and oxygen atoms in total. The van der Waals surface area contributed by atoms with Gasteiger partial charge in [0.05, 0.1) is 4.90 Å². The van der Waals surface area contributed by atoms with E-state index in [0.29, 0.717) is 24.0 Å². The molecule has 1 unspecified atom stereocenters. The number of likely N-dealkylation sites (tertiary alicyclic amines) is 1. The van der Waals surface area contributed by atoms with E-state index in [2.05, 4.69) is 25.2 Å². The van der Waals surface area contributed by atoms with Crippen molar-refractivity contribution in [3.05, 3.63) is 29.3 Å². The van der Waals surface area contributed by atoms with Crippen LogP contribution >= 0.6 is 24.0 Å². The lowest BCUT2D eigenvalue weighted by molar-refractivity contribution is 0.242. The summed E-state index contributed by atoms with van der Waals surface area (Å²) < 4.78 is 27.8. The van der Waals surface area contributed by atoms with Crippen molar-refractivity contribution >= 4 is 40.0 Å². The van der Waals surface area contributed by atoms with Crippen molar-refractivity contribution in [1.29, 1.82) is 0 Å². The van der Waals surface area contributed by atoms with Crippen LogP contribution in [0.4, 0.5) is 0 Å². The summed E-state index contributed by atoms with van der Waals surface area (Å²) >= 11 is 0. The topological polar surface area (TPSA) is 85.8 Å². The number of hydrogen-bond donors (Lipinski definition) is 3. The zero-order valence-corrected chi connectivity index (χ0v) is 21.4. The van der Waals surface area contributed by atoms with Gasteiger partial charge in [-0.2, -0.15) is 0 Å². The van der Waals surface area contributed by atoms with E-state index in [1.807, 2.05) is 26.0 Å². The molecule has 2 fully saturated rings. The monoisotopic (exact) mass is 549 g/mol. The molecule has 1 aromatic rings. The lowest BCUT2D eigenvalue weighted by atomic mass is 10.2. The first-order valence-electron chi connectivity index (χ1n) is 10.7. The molecule has 1 aliphatic heterocycles. The van der Waals surface area contributed by atoms with Crippen molar-refractivity contribution in [2.24, 2.45) is 4.99 Å². The second-order valence-corrected chi connectivity index (χ2v) is 9.96. The van der Waals surface area contributed by atoms with E-state index in [0.717, 1.165) is 42.6 Å². The van der Waals surface area contributed by atoms with Gasteiger partial charge in [-0.05, 0) is 50.3 Å². The van der Waals surface area contributed by atoms with Crippen molar-refractivity contribution in [1.82, 2.24) is 20.3 Å². The van der Waals surface area contributed by atoms with Crippen molar-refractivity contribution in [2.45, 2.75) is 62.9 Å². The minimum Gasteiger partial charge on any atom is -0.355 e. The highest BCUT2D eigenvalue weighted by atomic mass is 127. The molecule has 1 saturated heterocycles. The molecule has 0 spiro atoms. The zero-order chi connectivity index (χ0) is 20.9. The Morgan fingerprint density at radius 1 is 1.17 bits per heavy atom. The fourth-order valence-electron chi connectivity index (χ4n) is 4.34. The van der Waals surface area contributed by atoms with Crippen molar-refractivity contribution in [2.75, 3.05) is 33.2 Å². The summed E-state index contributed by atoms with van der Waals surface area (Å²) in [6.07, 6.45) is 6.51. The molecular formula is C21H36IN5O2S. The van der Waals surface area contributed by atoms with Gasteiger partial charge < -0.3 is 10.6 Å². The van der Waals surface area contributed by atoms with E-state index in [-0.39, 0.29) is 24.0 Å². The Balaban J connectivity index is 0.00000320. The number of nitrogens with one attached hydrogen (secondary N) is 3. The van der Waals surface area contributed by atoms with Gasteiger partial charge in [0.25, 0.3) is 0 Å². The summed E-state index contributed by atoms with van der Waals surface area (Å²) in [6, 6.07) is 6.62. The molecule has 9 heteroatoms. The molecule has 30 heavy (non-hydrogen) atoms. The van der Waals surface area contributed by atoms with Crippen LogP contribution in [0, 0.1) is 13.8 Å². The number of hydrogen-bond acceptors (Lipinski definition) is 4. The predicted molar refractivity (Wildman–Crippen MR) is 133 cm³/mol. The van der Waals surface area contributed by atoms with Crippen LogP contribution in [-0.4, -0.2) is 64.6 Å². The lowest BCUT2D eigenvalue weighted by Gasteiger charge is -2.24.